The molecule has 1 unspecified atom stereocenters. The lowest BCUT2D eigenvalue weighted by molar-refractivity contribution is 0.221. The average Bonchev–Trinajstić information content (AvgIpc) is 2.47. The molecule has 0 radical (unpaired) electrons. The normalized spacial score (nSPS) is 13.5. The third kappa shape index (κ3) is 3.95. The van der Waals surface area contributed by atoms with E-state index in [0.29, 0.717) is 12.2 Å². The van der Waals surface area contributed by atoms with Crippen LogP contribution >= 0.6 is 0 Å². The average molecular weight is 289 g/mol. The van der Waals surface area contributed by atoms with Crippen molar-refractivity contribution in [2.24, 2.45) is 0 Å². The first kappa shape index (κ1) is 15.3. The fourth-order valence-electron chi connectivity index (χ4n) is 2.31. The Balaban J connectivity index is 2.21. The number of para-hydroxylation sites is 2. The van der Waals surface area contributed by atoms with Gasteiger partial charge in [-0.05, 0) is 43.2 Å². The number of benzene rings is 2. The number of hydrogen-bond donors (Lipinski definition) is 2. The Hall–Kier alpha value is -2.07. The van der Waals surface area contributed by atoms with Crippen molar-refractivity contribution in [3.8, 4) is 5.75 Å². The molecule has 0 aliphatic carbocycles. The van der Waals surface area contributed by atoms with Gasteiger partial charge in [0.1, 0.15) is 11.6 Å². The lowest BCUT2D eigenvalue weighted by Crippen LogP contribution is -2.41. The molecular weight excluding hydrogens is 269 g/mol. The summed E-state index contributed by atoms with van der Waals surface area (Å²) in [5, 5.41) is 13.0. The highest BCUT2D eigenvalue weighted by Gasteiger charge is 2.25. The van der Waals surface area contributed by atoms with E-state index in [-0.39, 0.29) is 12.4 Å². The molecule has 2 aromatic rings. The number of hydrogen-bond acceptors (Lipinski definition) is 3. The van der Waals surface area contributed by atoms with Gasteiger partial charge in [0.15, 0.2) is 0 Å². The minimum absolute atomic E-state index is 0.0818. The van der Waals surface area contributed by atoms with E-state index in [2.05, 4.69) is 5.32 Å². The predicted molar refractivity (Wildman–Crippen MR) is 82.2 cm³/mol. The molecule has 2 rings (SSSR count). The molecule has 112 valence electrons. The maximum Gasteiger partial charge on any atom is 0.141 e. The van der Waals surface area contributed by atoms with Crippen LogP contribution in [0.3, 0.4) is 0 Å². The molecule has 0 saturated heterocycles. The Labute approximate surface area is 124 Å². The van der Waals surface area contributed by atoms with E-state index in [0.717, 1.165) is 11.3 Å². The lowest BCUT2D eigenvalue weighted by atomic mass is 9.93. The van der Waals surface area contributed by atoms with Gasteiger partial charge in [-0.25, -0.2) is 4.39 Å². The standard InChI is InChI=1S/C17H20FNO2/c1-17(12-20,11-13-6-5-7-14(18)10-13)19-15-8-3-4-9-16(15)21-2/h3-10,19-20H,11-12H2,1-2H3. The van der Waals surface area contributed by atoms with Gasteiger partial charge in [0.05, 0.1) is 24.9 Å². The van der Waals surface area contributed by atoms with E-state index >= 15 is 0 Å². The van der Waals surface area contributed by atoms with Gasteiger partial charge in [-0.2, -0.15) is 0 Å². The van der Waals surface area contributed by atoms with Crippen molar-refractivity contribution in [2.75, 3.05) is 19.0 Å². The molecular formula is C17H20FNO2. The summed E-state index contributed by atoms with van der Waals surface area (Å²) in [5.74, 6) is 0.432. The molecule has 2 aromatic carbocycles. The van der Waals surface area contributed by atoms with Gasteiger partial charge >= 0.3 is 0 Å². The fourth-order valence-corrected chi connectivity index (χ4v) is 2.31. The van der Waals surface area contributed by atoms with E-state index in [1.54, 1.807) is 13.2 Å². The molecule has 0 heterocycles. The molecule has 0 bridgehead atoms. The number of aliphatic hydroxyl groups is 1. The monoisotopic (exact) mass is 289 g/mol. The first-order chi connectivity index (χ1) is 10.1. The zero-order chi connectivity index (χ0) is 15.3. The highest BCUT2D eigenvalue weighted by atomic mass is 19.1. The number of nitrogens with one attached hydrogen (secondary N) is 1. The second-order valence-corrected chi connectivity index (χ2v) is 5.35. The van der Waals surface area contributed by atoms with E-state index in [9.17, 15) is 9.50 Å². The summed E-state index contributed by atoms with van der Waals surface area (Å²) in [6.07, 6.45) is 0.499. The molecule has 0 amide bonds. The summed E-state index contributed by atoms with van der Waals surface area (Å²) in [7, 11) is 1.60. The molecule has 4 heteroatoms. The van der Waals surface area contributed by atoms with Crippen LogP contribution in [0.5, 0.6) is 5.75 Å². The van der Waals surface area contributed by atoms with Crippen molar-refractivity contribution >= 4 is 5.69 Å². The van der Waals surface area contributed by atoms with E-state index in [1.165, 1.54) is 12.1 Å². The summed E-state index contributed by atoms with van der Waals surface area (Å²) in [6, 6.07) is 13.9. The Morgan fingerprint density at radius 2 is 1.95 bits per heavy atom. The Morgan fingerprint density at radius 3 is 2.62 bits per heavy atom. The second-order valence-electron chi connectivity index (χ2n) is 5.35. The van der Waals surface area contributed by atoms with Crippen LogP contribution in [0.4, 0.5) is 10.1 Å². The van der Waals surface area contributed by atoms with Crippen LogP contribution in [0, 0.1) is 5.82 Å². The second kappa shape index (κ2) is 6.59. The fraction of sp³-hybridized carbons (Fsp3) is 0.294. The van der Waals surface area contributed by atoms with Crippen LogP contribution in [0.1, 0.15) is 12.5 Å². The van der Waals surface area contributed by atoms with Gasteiger partial charge < -0.3 is 15.2 Å². The number of halogens is 1. The quantitative estimate of drug-likeness (QED) is 0.858. The summed E-state index contributed by atoms with van der Waals surface area (Å²) in [6.45, 7) is 1.81. The van der Waals surface area contributed by atoms with Gasteiger partial charge in [-0.15, -0.1) is 0 Å². The van der Waals surface area contributed by atoms with Gasteiger partial charge in [-0.1, -0.05) is 24.3 Å². The van der Waals surface area contributed by atoms with Crippen molar-refractivity contribution in [3.63, 3.8) is 0 Å². The van der Waals surface area contributed by atoms with Crippen LogP contribution in [0.15, 0.2) is 48.5 Å². The van der Waals surface area contributed by atoms with E-state index in [4.69, 9.17) is 4.74 Å². The number of rotatable bonds is 6. The highest BCUT2D eigenvalue weighted by molar-refractivity contribution is 5.57. The summed E-state index contributed by atoms with van der Waals surface area (Å²) >= 11 is 0. The topological polar surface area (TPSA) is 41.5 Å². The van der Waals surface area contributed by atoms with Crippen LogP contribution in [-0.2, 0) is 6.42 Å². The molecule has 0 aliphatic heterocycles. The SMILES string of the molecule is COc1ccccc1NC(C)(CO)Cc1cccc(F)c1. The summed E-state index contributed by atoms with van der Waals surface area (Å²) < 4.78 is 18.6. The summed E-state index contributed by atoms with van der Waals surface area (Å²) in [5.41, 5.74) is 1.02. The van der Waals surface area contributed by atoms with Gasteiger partial charge in [0.25, 0.3) is 0 Å². The van der Waals surface area contributed by atoms with Crippen LogP contribution in [-0.4, -0.2) is 24.4 Å². The molecule has 0 saturated carbocycles. The zero-order valence-corrected chi connectivity index (χ0v) is 12.3. The van der Waals surface area contributed by atoms with E-state index < -0.39 is 5.54 Å². The molecule has 1 atom stereocenters. The van der Waals surface area contributed by atoms with Crippen LogP contribution in [0.2, 0.25) is 0 Å². The minimum atomic E-state index is -0.609. The van der Waals surface area contributed by atoms with Crippen molar-refractivity contribution in [1.29, 1.82) is 0 Å². The molecule has 0 spiro atoms. The summed E-state index contributed by atoms with van der Waals surface area (Å²) in [4.78, 5) is 0. The van der Waals surface area contributed by atoms with Gasteiger partial charge in [0.2, 0.25) is 0 Å². The third-order valence-electron chi connectivity index (χ3n) is 3.38. The first-order valence-electron chi connectivity index (χ1n) is 6.83. The molecule has 0 aromatic heterocycles. The first-order valence-corrected chi connectivity index (χ1v) is 6.83. The molecule has 2 N–H and O–H groups in total. The number of ether oxygens (including phenoxy) is 1. The minimum Gasteiger partial charge on any atom is -0.495 e. The van der Waals surface area contributed by atoms with Crippen LogP contribution < -0.4 is 10.1 Å². The zero-order valence-electron chi connectivity index (χ0n) is 12.3. The van der Waals surface area contributed by atoms with Crippen molar-refractivity contribution < 1.29 is 14.2 Å². The lowest BCUT2D eigenvalue weighted by Gasteiger charge is -2.31. The van der Waals surface area contributed by atoms with Gasteiger partial charge in [0, 0.05) is 0 Å². The molecule has 0 fully saturated rings. The Bertz CT molecular complexity index is 603. The molecule has 3 nitrogen and oxygen atoms in total. The third-order valence-corrected chi connectivity index (χ3v) is 3.38. The van der Waals surface area contributed by atoms with Crippen LogP contribution in [0.25, 0.3) is 0 Å². The van der Waals surface area contributed by atoms with E-state index in [1.807, 2.05) is 37.3 Å². The number of anilines is 1. The maximum absolute atomic E-state index is 13.3. The highest BCUT2D eigenvalue weighted by Crippen LogP contribution is 2.28. The van der Waals surface area contributed by atoms with Gasteiger partial charge in [-0.3, -0.25) is 0 Å². The van der Waals surface area contributed by atoms with Crippen molar-refractivity contribution in [2.45, 2.75) is 18.9 Å². The van der Waals surface area contributed by atoms with Crippen molar-refractivity contribution in [3.05, 3.63) is 59.9 Å². The molecule has 21 heavy (non-hydrogen) atoms. The number of aliphatic hydroxyl groups excluding tert-OH is 1. The Kier molecular flexibility index (Phi) is 4.81. The molecule has 0 aliphatic rings. The smallest absolute Gasteiger partial charge is 0.141 e. The largest absolute Gasteiger partial charge is 0.495 e. The Morgan fingerprint density at radius 1 is 1.19 bits per heavy atom. The number of methoxy groups -OCH3 is 1. The maximum atomic E-state index is 13.3. The van der Waals surface area contributed by atoms with Crippen molar-refractivity contribution in [1.82, 2.24) is 0 Å². The predicted octanol–water partition coefficient (Wildman–Crippen LogP) is 3.24.